The minimum absolute atomic E-state index is 0.170. The highest BCUT2D eigenvalue weighted by atomic mass is 79.9. The molecule has 0 aliphatic carbocycles. The summed E-state index contributed by atoms with van der Waals surface area (Å²) in [7, 11) is 1.68. The molecule has 2 aromatic rings. The standard InChI is InChI=1S/C17H19Br2NO/c1-4-20-17(12-5-7-14(18)11(2)9-12)13-6-8-16(21-3)15(19)10-13/h5-10,17,20H,4H2,1-3H3. The molecule has 0 saturated carbocycles. The van der Waals surface area contributed by atoms with Crippen LogP contribution in [0.1, 0.15) is 29.7 Å². The number of hydrogen-bond donors (Lipinski definition) is 1. The molecule has 0 fully saturated rings. The zero-order valence-corrected chi connectivity index (χ0v) is 15.6. The van der Waals surface area contributed by atoms with Crippen molar-refractivity contribution in [3.8, 4) is 5.75 Å². The Kier molecular flexibility index (Phi) is 5.85. The van der Waals surface area contributed by atoms with Gasteiger partial charge in [0.15, 0.2) is 0 Å². The van der Waals surface area contributed by atoms with E-state index >= 15 is 0 Å². The number of rotatable bonds is 5. The van der Waals surface area contributed by atoms with Gasteiger partial charge in [-0.25, -0.2) is 0 Å². The third kappa shape index (κ3) is 3.87. The first kappa shape index (κ1) is 16.5. The topological polar surface area (TPSA) is 21.3 Å². The van der Waals surface area contributed by atoms with Crippen molar-refractivity contribution in [3.63, 3.8) is 0 Å². The van der Waals surface area contributed by atoms with Gasteiger partial charge in [-0.15, -0.1) is 0 Å². The molecule has 112 valence electrons. The molecular formula is C17H19Br2NO. The molecule has 0 bridgehead atoms. The smallest absolute Gasteiger partial charge is 0.133 e. The molecule has 0 aromatic heterocycles. The molecule has 2 rings (SSSR count). The number of aryl methyl sites for hydroxylation is 1. The van der Waals surface area contributed by atoms with Crippen molar-refractivity contribution in [2.45, 2.75) is 19.9 Å². The highest BCUT2D eigenvalue weighted by molar-refractivity contribution is 9.10. The van der Waals surface area contributed by atoms with Gasteiger partial charge in [-0.05, 0) is 64.3 Å². The number of ether oxygens (including phenoxy) is 1. The van der Waals surface area contributed by atoms with Gasteiger partial charge in [0.25, 0.3) is 0 Å². The number of methoxy groups -OCH3 is 1. The van der Waals surface area contributed by atoms with E-state index in [0.29, 0.717) is 0 Å². The Morgan fingerprint density at radius 3 is 2.29 bits per heavy atom. The van der Waals surface area contributed by atoms with Crippen molar-refractivity contribution in [1.82, 2.24) is 5.32 Å². The summed E-state index contributed by atoms with van der Waals surface area (Å²) in [5.74, 6) is 0.848. The summed E-state index contributed by atoms with van der Waals surface area (Å²) in [5.41, 5.74) is 3.71. The Morgan fingerprint density at radius 2 is 1.71 bits per heavy atom. The fourth-order valence-electron chi connectivity index (χ4n) is 2.34. The van der Waals surface area contributed by atoms with Crippen LogP contribution in [-0.4, -0.2) is 13.7 Å². The van der Waals surface area contributed by atoms with Crippen LogP contribution in [0.3, 0.4) is 0 Å². The van der Waals surface area contributed by atoms with Crippen molar-refractivity contribution >= 4 is 31.9 Å². The lowest BCUT2D eigenvalue weighted by Gasteiger charge is -2.20. The Hall–Kier alpha value is -0.840. The van der Waals surface area contributed by atoms with Gasteiger partial charge in [-0.3, -0.25) is 0 Å². The lowest BCUT2D eigenvalue weighted by molar-refractivity contribution is 0.412. The van der Waals surface area contributed by atoms with Crippen molar-refractivity contribution < 1.29 is 4.74 Å². The van der Waals surface area contributed by atoms with Gasteiger partial charge in [0.05, 0.1) is 17.6 Å². The lowest BCUT2D eigenvalue weighted by Crippen LogP contribution is -2.22. The zero-order valence-electron chi connectivity index (χ0n) is 12.4. The molecule has 1 atom stereocenters. The maximum atomic E-state index is 5.31. The molecule has 1 N–H and O–H groups in total. The first-order valence-electron chi connectivity index (χ1n) is 6.89. The van der Waals surface area contributed by atoms with E-state index in [0.717, 1.165) is 21.2 Å². The van der Waals surface area contributed by atoms with Gasteiger partial charge in [0.1, 0.15) is 5.75 Å². The van der Waals surface area contributed by atoms with Gasteiger partial charge >= 0.3 is 0 Å². The van der Waals surface area contributed by atoms with Crippen LogP contribution < -0.4 is 10.1 Å². The highest BCUT2D eigenvalue weighted by Gasteiger charge is 2.15. The minimum atomic E-state index is 0.170. The van der Waals surface area contributed by atoms with E-state index in [1.807, 2.05) is 6.07 Å². The predicted molar refractivity (Wildman–Crippen MR) is 95.1 cm³/mol. The Balaban J connectivity index is 2.42. The second kappa shape index (κ2) is 7.43. The summed E-state index contributed by atoms with van der Waals surface area (Å²) in [5, 5.41) is 3.55. The van der Waals surface area contributed by atoms with Crippen LogP contribution in [0.15, 0.2) is 45.3 Å². The van der Waals surface area contributed by atoms with Crippen molar-refractivity contribution in [2.75, 3.05) is 13.7 Å². The maximum Gasteiger partial charge on any atom is 0.133 e. The van der Waals surface area contributed by atoms with E-state index in [-0.39, 0.29) is 6.04 Å². The van der Waals surface area contributed by atoms with Gasteiger partial charge in [0.2, 0.25) is 0 Å². The van der Waals surface area contributed by atoms with Crippen LogP contribution in [0, 0.1) is 6.92 Å². The maximum absolute atomic E-state index is 5.31. The van der Waals surface area contributed by atoms with E-state index in [1.165, 1.54) is 16.7 Å². The third-order valence-corrected chi connectivity index (χ3v) is 4.94. The fraction of sp³-hybridized carbons (Fsp3) is 0.294. The van der Waals surface area contributed by atoms with E-state index in [4.69, 9.17) is 4.74 Å². The summed E-state index contributed by atoms with van der Waals surface area (Å²) in [4.78, 5) is 0. The highest BCUT2D eigenvalue weighted by Crippen LogP contribution is 2.31. The second-order valence-corrected chi connectivity index (χ2v) is 6.60. The molecule has 4 heteroatoms. The molecule has 0 spiro atoms. The summed E-state index contributed by atoms with van der Waals surface area (Å²) < 4.78 is 7.41. The van der Waals surface area contributed by atoms with Crippen molar-refractivity contribution in [2.24, 2.45) is 0 Å². The average molecular weight is 413 g/mol. The molecule has 0 aliphatic heterocycles. The molecule has 21 heavy (non-hydrogen) atoms. The summed E-state index contributed by atoms with van der Waals surface area (Å²) in [6, 6.07) is 12.9. The summed E-state index contributed by atoms with van der Waals surface area (Å²) >= 11 is 7.12. The van der Waals surface area contributed by atoms with Gasteiger partial charge in [-0.1, -0.05) is 41.1 Å². The van der Waals surface area contributed by atoms with E-state index < -0.39 is 0 Å². The van der Waals surface area contributed by atoms with Crippen LogP contribution in [-0.2, 0) is 0 Å². The molecule has 0 aliphatic rings. The normalized spacial score (nSPS) is 12.2. The van der Waals surface area contributed by atoms with Crippen LogP contribution in [0.2, 0.25) is 0 Å². The Bertz CT molecular complexity index is 628. The molecular weight excluding hydrogens is 394 g/mol. The molecule has 2 nitrogen and oxygen atoms in total. The van der Waals surface area contributed by atoms with Crippen LogP contribution >= 0.6 is 31.9 Å². The predicted octanol–water partition coefficient (Wildman–Crippen LogP) is 5.23. The van der Waals surface area contributed by atoms with Crippen LogP contribution in [0.25, 0.3) is 0 Å². The zero-order chi connectivity index (χ0) is 15.4. The quantitative estimate of drug-likeness (QED) is 0.725. The fourth-order valence-corrected chi connectivity index (χ4v) is 3.15. The Morgan fingerprint density at radius 1 is 1.05 bits per heavy atom. The third-order valence-electron chi connectivity index (χ3n) is 3.43. The number of nitrogens with one attached hydrogen (secondary N) is 1. The summed E-state index contributed by atoms with van der Waals surface area (Å²) in [6.45, 7) is 5.14. The molecule has 0 saturated heterocycles. The number of halogens is 2. The second-order valence-electron chi connectivity index (χ2n) is 4.89. The number of hydrogen-bond acceptors (Lipinski definition) is 2. The van der Waals surface area contributed by atoms with Gasteiger partial charge < -0.3 is 10.1 Å². The SMILES string of the molecule is CCNC(c1ccc(Br)c(C)c1)c1ccc(OC)c(Br)c1. The van der Waals surface area contributed by atoms with Gasteiger partial charge in [0, 0.05) is 4.47 Å². The van der Waals surface area contributed by atoms with Crippen LogP contribution in [0.5, 0.6) is 5.75 Å². The average Bonchev–Trinajstić information content (AvgIpc) is 2.48. The van der Waals surface area contributed by atoms with Crippen LogP contribution in [0.4, 0.5) is 0 Å². The lowest BCUT2D eigenvalue weighted by atomic mass is 9.97. The van der Waals surface area contributed by atoms with E-state index in [2.05, 4.69) is 81.4 Å². The Labute approximate surface area is 143 Å². The molecule has 0 heterocycles. The van der Waals surface area contributed by atoms with Crippen molar-refractivity contribution in [3.05, 3.63) is 62.0 Å². The first-order chi connectivity index (χ1) is 10.1. The molecule has 2 aromatic carbocycles. The minimum Gasteiger partial charge on any atom is -0.496 e. The van der Waals surface area contributed by atoms with Gasteiger partial charge in [-0.2, -0.15) is 0 Å². The first-order valence-corrected chi connectivity index (χ1v) is 8.48. The van der Waals surface area contributed by atoms with E-state index in [1.54, 1.807) is 7.11 Å². The van der Waals surface area contributed by atoms with E-state index in [9.17, 15) is 0 Å². The summed E-state index contributed by atoms with van der Waals surface area (Å²) in [6.07, 6.45) is 0. The largest absolute Gasteiger partial charge is 0.496 e. The number of benzene rings is 2. The molecule has 1 unspecified atom stereocenters. The monoisotopic (exact) mass is 411 g/mol. The molecule has 0 radical (unpaired) electrons. The molecule has 0 amide bonds. The van der Waals surface area contributed by atoms with Crippen molar-refractivity contribution in [1.29, 1.82) is 0 Å².